The maximum atomic E-state index is 14.6. The summed E-state index contributed by atoms with van der Waals surface area (Å²) in [6, 6.07) is 16.8. The number of nitrogens with zero attached hydrogens (tertiary/aromatic N) is 1. The lowest BCUT2D eigenvalue weighted by atomic mass is 9.86. The topological polar surface area (TPSA) is 71.3 Å². The van der Waals surface area contributed by atoms with Crippen molar-refractivity contribution in [1.82, 2.24) is 9.88 Å². The van der Waals surface area contributed by atoms with Crippen LogP contribution in [0.4, 0.5) is 4.39 Å². The van der Waals surface area contributed by atoms with Crippen LogP contribution in [-0.4, -0.2) is 27.6 Å². The van der Waals surface area contributed by atoms with Crippen molar-refractivity contribution >= 4 is 49.5 Å². The zero-order valence-corrected chi connectivity index (χ0v) is 20.0. The third kappa shape index (κ3) is 4.44. The Morgan fingerprint density at radius 1 is 1.00 bits per heavy atom. The highest BCUT2D eigenvalue weighted by Crippen LogP contribution is 2.28. The molecular weight excluding hydrogens is 499 g/mol. The molecule has 2 N–H and O–H groups in total. The van der Waals surface area contributed by atoms with Gasteiger partial charge in [0.2, 0.25) is 0 Å². The Hall–Kier alpha value is -3.19. The van der Waals surface area contributed by atoms with Crippen LogP contribution in [0.15, 0.2) is 65.3 Å². The summed E-state index contributed by atoms with van der Waals surface area (Å²) < 4.78 is 17.5. The molecule has 174 valence electrons. The second-order valence-electron chi connectivity index (χ2n) is 8.99. The number of carbonyl (C=O) groups is 2. The Balaban J connectivity index is 1.42. The Kier molecular flexibility index (Phi) is 6.13. The summed E-state index contributed by atoms with van der Waals surface area (Å²) in [4.78, 5) is 24.4. The summed E-state index contributed by atoms with van der Waals surface area (Å²) in [7, 11) is 0. The molecule has 1 aromatic heterocycles. The average Bonchev–Trinajstić information content (AvgIpc) is 3.24. The molecule has 1 fully saturated rings. The maximum Gasteiger partial charge on any atom is 0.306 e. The van der Waals surface area contributed by atoms with E-state index in [2.05, 4.69) is 39.4 Å². The summed E-state index contributed by atoms with van der Waals surface area (Å²) in [5.74, 6) is -1.74. The quantitative estimate of drug-likeness (QED) is 0.331. The highest BCUT2D eigenvalue weighted by molar-refractivity contribution is 9.10. The van der Waals surface area contributed by atoms with Crippen LogP contribution in [0, 0.1) is 11.7 Å². The Morgan fingerprint density at radius 2 is 1.74 bits per heavy atom. The van der Waals surface area contributed by atoms with Crippen LogP contribution in [0.3, 0.4) is 0 Å². The third-order valence-corrected chi connectivity index (χ3v) is 7.24. The molecule has 7 heteroatoms. The van der Waals surface area contributed by atoms with E-state index in [4.69, 9.17) is 0 Å². The number of halogens is 2. The van der Waals surface area contributed by atoms with Gasteiger partial charge in [0.05, 0.1) is 17.0 Å². The van der Waals surface area contributed by atoms with Crippen LogP contribution in [0.1, 0.15) is 41.6 Å². The lowest BCUT2D eigenvalue weighted by Crippen LogP contribution is -2.38. The van der Waals surface area contributed by atoms with Crippen LogP contribution in [-0.2, 0) is 11.3 Å². The number of carbonyl (C=O) groups excluding carboxylic acids is 1. The highest BCUT2D eigenvalue weighted by atomic mass is 79.9. The van der Waals surface area contributed by atoms with E-state index in [9.17, 15) is 19.1 Å². The van der Waals surface area contributed by atoms with E-state index < -0.39 is 5.97 Å². The first-order chi connectivity index (χ1) is 16.4. The molecule has 5 nitrogen and oxygen atoms in total. The molecule has 0 radical (unpaired) electrons. The van der Waals surface area contributed by atoms with Gasteiger partial charge in [-0.1, -0.05) is 34.1 Å². The zero-order valence-electron chi connectivity index (χ0n) is 18.4. The Labute approximate surface area is 204 Å². The molecule has 1 saturated carbocycles. The van der Waals surface area contributed by atoms with Crippen molar-refractivity contribution in [2.75, 3.05) is 0 Å². The summed E-state index contributed by atoms with van der Waals surface area (Å²) in [5.41, 5.74) is 2.04. The number of aromatic nitrogens is 1. The molecule has 3 aromatic carbocycles. The minimum absolute atomic E-state index is 0.0774. The number of hydrogen-bond donors (Lipinski definition) is 2. The minimum atomic E-state index is -0.774. The lowest BCUT2D eigenvalue weighted by molar-refractivity contribution is -0.142. The number of benzene rings is 3. The number of aliphatic carboxylic acids is 1. The van der Waals surface area contributed by atoms with Gasteiger partial charge in [-0.3, -0.25) is 9.59 Å². The molecule has 0 unspecified atom stereocenters. The largest absolute Gasteiger partial charge is 0.481 e. The van der Waals surface area contributed by atoms with Gasteiger partial charge in [-0.05, 0) is 78.4 Å². The molecule has 5 rings (SSSR count). The number of hydrogen-bond acceptors (Lipinski definition) is 2. The van der Waals surface area contributed by atoms with Gasteiger partial charge < -0.3 is 15.0 Å². The SMILES string of the molecule is O=C(NC1CCC(C(=O)O)CC1)c1ccc(F)c2ccn(Cc3ccc4cc(Br)ccc4c3)c12. The normalized spacial score (nSPS) is 18.3. The lowest BCUT2D eigenvalue weighted by Gasteiger charge is -2.27. The van der Waals surface area contributed by atoms with E-state index in [1.165, 1.54) is 12.1 Å². The fraction of sp³-hybridized carbons (Fsp3) is 0.259. The van der Waals surface area contributed by atoms with E-state index in [-0.39, 0.29) is 23.7 Å². The molecule has 1 aliphatic carbocycles. The van der Waals surface area contributed by atoms with Crippen LogP contribution < -0.4 is 5.32 Å². The summed E-state index contributed by atoms with van der Waals surface area (Å²) >= 11 is 3.50. The molecule has 4 aromatic rings. The van der Waals surface area contributed by atoms with E-state index in [1.54, 1.807) is 6.07 Å². The van der Waals surface area contributed by atoms with Gasteiger partial charge in [-0.25, -0.2) is 4.39 Å². The van der Waals surface area contributed by atoms with Crippen molar-refractivity contribution in [1.29, 1.82) is 0 Å². The van der Waals surface area contributed by atoms with Gasteiger partial charge in [-0.15, -0.1) is 0 Å². The van der Waals surface area contributed by atoms with Crippen molar-refractivity contribution in [3.8, 4) is 0 Å². The van der Waals surface area contributed by atoms with Crippen LogP contribution in [0.5, 0.6) is 0 Å². The molecule has 0 saturated heterocycles. The van der Waals surface area contributed by atoms with E-state index in [0.29, 0.717) is 48.7 Å². The predicted octanol–water partition coefficient (Wildman–Crippen LogP) is 6.12. The summed E-state index contributed by atoms with van der Waals surface area (Å²) in [6.45, 7) is 0.503. The van der Waals surface area contributed by atoms with Crippen LogP contribution >= 0.6 is 15.9 Å². The van der Waals surface area contributed by atoms with Gasteiger partial charge in [-0.2, -0.15) is 0 Å². The first-order valence-electron chi connectivity index (χ1n) is 11.4. The standard InChI is InChI=1S/C27H24BrFN2O3/c28-20-6-3-18-13-16(1-2-19(18)14-20)15-31-12-11-22-24(29)10-9-23(25(22)31)26(32)30-21-7-4-17(5-8-21)27(33)34/h1-3,6,9-14,17,21H,4-5,7-8,15H2,(H,30,32)(H,33,34). The third-order valence-electron chi connectivity index (χ3n) is 6.75. The number of carboxylic acid groups (broad SMARTS) is 1. The van der Waals surface area contributed by atoms with Crippen LogP contribution in [0.25, 0.3) is 21.7 Å². The van der Waals surface area contributed by atoms with Crippen molar-refractivity contribution in [3.63, 3.8) is 0 Å². The first-order valence-corrected chi connectivity index (χ1v) is 12.2. The number of rotatable bonds is 5. The number of fused-ring (bicyclic) bond motifs is 2. The Morgan fingerprint density at radius 3 is 2.50 bits per heavy atom. The first kappa shape index (κ1) is 22.6. The molecule has 1 heterocycles. The van der Waals surface area contributed by atoms with E-state index in [1.807, 2.05) is 29.0 Å². The van der Waals surface area contributed by atoms with Gasteiger partial charge in [0.1, 0.15) is 5.82 Å². The average molecular weight is 523 g/mol. The van der Waals surface area contributed by atoms with E-state index >= 15 is 0 Å². The van der Waals surface area contributed by atoms with Crippen molar-refractivity contribution in [2.24, 2.45) is 5.92 Å². The summed E-state index contributed by atoms with van der Waals surface area (Å²) in [5, 5.41) is 14.9. The molecule has 0 aliphatic heterocycles. The van der Waals surface area contributed by atoms with Crippen molar-refractivity contribution in [2.45, 2.75) is 38.3 Å². The molecule has 0 bridgehead atoms. The smallest absolute Gasteiger partial charge is 0.306 e. The number of nitrogens with one attached hydrogen (secondary N) is 1. The second kappa shape index (κ2) is 9.22. The fourth-order valence-corrected chi connectivity index (χ4v) is 5.29. The summed E-state index contributed by atoms with van der Waals surface area (Å²) in [6.07, 6.45) is 4.17. The van der Waals surface area contributed by atoms with Crippen molar-refractivity contribution in [3.05, 3.63) is 82.2 Å². The maximum absolute atomic E-state index is 14.6. The predicted molar refractivity (Wildman–Crippen MR) is 133 cm³/mol. The van der Waals surface area contributed by atoms with E-state index in [0.717, 1.165) is 20.8 Å². The van der Waals surface area contributed by atoms with Gasteiger partial charge in [0.25, 0.3) is 5.91 Å². The highest BCUT2D eigenvalue weighted by Gasteiger charge is 2.27. The molecule has 34 heavy (non-hydrogen) atoms. The van der Waals surface area contributed by atoms with Gasteiger partial charge in [0.15, 0.2) is 0 Å². The molecule has 0 atom stereocenters. The fourth-order valence-electron chi connectivity index (χ4n) is 4.91. The number of amides is 1. The zero-order chi connectivity index (χ0) is 23.8. The minimum Gasteiger partial charge on any atom is -0.481 e. The molecule has 1 aliphatic rings. The monoisotopic (exact) mass is 522 g/mol. The van der Waals surface area contributed by atoms with Gasteiger partial charge in [0, 0.05) is 28.6 Å². The second-order valence-corrected chi connectivity index (χ2v) is 9.90. The molecule has 0 spiro atoms. The number of carboxylic acids is 1. The molecular formula is C27H24BrFN2O3. The molecule has 1 amide bonds. The Bertz CT molecular complexity index is 1410. The van der Waals surface area contributed by atoms with Gasteiger partial charge >= 0.3 is 5.97 Å². The van der Waals surface area contributed by atoms with Crippen molar-refractivity contribution < 1.29 is 19.1 Å². The van der Waals surface area contributed by atoms with Crippen LogP contribution in [0.2, 0.25) is 0 Å².